The van der Waals surface area contributed by atoms with E-state index in [-0.39, 0.29) is 42.0 Å². The molecule has 0 radical (unpaired) electrons. The van der Waals surface area contributed by atoms with E-state index >= 15 is 0 Å². The highest BCUT2D eigenvalue weighted by atomic mass is 16.5. The molecule has 2 aliphatic carbocycles. The monoisotopic (exact) mass is 472 g/mol. The van der Waals surface area contributed by atoms with Gasteiger partial charge in [-0.25, -0.2) is 0 Å². The van der Waals surface area contributed by atoms with Crippen LogP contribution in [-0.2, 0) is 16.0 Å². The highest BCUT2D eigenvalue weighted by Crippen LogP contribution is 2.37. The molecular weight excluding hydrogens is 436 g/mol. The van der Waals surface area contributed by atoms with Gasteiger partial charge in [0.05, 0.1) is 19.4 Å². The minimum Gasteiger partial charge on any atom is -0.504 e. The van der Waals surface area contributed by atoms with E-state index in [9.17, 15) is 14.7 Å². The van der Waals surface area contributed by atoms with E-state index in [1.807, 2.05) is 30.3 Å². The zero-order valence-electron chi connectivity index (χ0n) is 20.7. The summed E-state index contributed by atoms with van der Waals surface area (Å²) in [6.07, 6.45) is 9.51. The van der Waals surface area contributed by atoms with E-state index < -0.39 is 0 Å². The van der Waals surface area contributed by atoms with Gasteiger partial charge in [0.1, 0.15) is 11.6 Å². The number of Topliss-reactive ketones (excluding diaryl/α,β-unsaturated/α-hetero) is 2. The van der Waals surface area contributed by atoms with Gasteiger partial charge in [-0.05, 0) is 54.0 Å². The Bertz CT molecular complexity index is 1090. The average Bonchev–Trinajstić information content (AvgIpc) is 2.88. The van der Waals surface area contributed by atoms with Crippen molar-refractivity contribution >= 4 is 11.6 Å². The first-order valence-corrected chi connectivity index (χ1v) is 13.0. The summed E-state index contributed by atoms with van der Waals surface area (Å²) in [5.74, 6) is 7.47. The van der Waals surface area contributed by atoms with Gasteiger partial charge >= 0.3 is 0 Å². The van der Waals surface area contributed by atoms with Crippen LogP contribution in [0.1, 0.15) is 86.8 Å². The molecule has 4 nitrogen and oxygen atoms in total. The molecule has 1 N–H and O–H groups in total. The highest BCUT2D eigenvalue weighted by Gasteiger charge is 2.25. The molecule has 4 rings (SSSR count). The summed E-state index contributed by atoms with van der Waals surface area (Å²) in [7, 11) is 1.52. The fourth-order valence-electron chi connectivity index (χ4n) is 5.54. The van der Waals surface area contributed by atoms with Crippen molar-refractivity contribution in [1.82, 2.24) is 0 Å². The first kappa shape index (κ1) is 25.0. The van der Waals surface area contributed by atoms with Crippen LogP contribution in [0, 0.1) is 23.7 Å². The number of rotatable bonds is 5. The van der Waals surface area contributed by atoms with Gasteiger partial charge in [0.25, 0.3) is 0 Å². The molecule has 2 aliphatic rings. The van der Waals surface area contributed by atoms with Crippen molar-refractivity contribution < 1.29 is 19.4 Å². The SMILES string of the molecule is COc1cc2c(cc1O)C(c1ccccc1)C#CCC(CCC1CCCCC1)C(=O)CC(=O)CC2. The van der Waals surface area contributed by atoms with Gasteiger partial charge < -0.3 is 9.84 Å². The van der Waals surface area contributed by atoms with E-state index in [1.165, 1.54) is 39.2 Å². The number of hydrogen-bond acceptors (Lipinski definition) is 4. The fraction of sp³-hybridized carbons (Fsp3) is 0.484. The number of benzene rings is 2. The molecule has 0 bridgehead atoms. The third-order valence-corrected chi connectivity index (χ3v) is 7.63. The summed E-state index contributed by atoms with van der Waals surface area (Å²) in [5, 5.41) is 10.6. The molecular formula is C31H36O4. The van der Waals surface area contributed by atoms with Gasteiger partial charge in [0.15, 0.2) is 11.5 Å². The number of methoxy groups -OCH3 is 1. The number of carbonyl (C=O) groups excluding carboxylic acids is 2. The second-order valence-corrected chi connectivity index (χ2v) is 10.1. The molecule has 2 unspecified atom stereocenters. The Hall–Kier alpha value is -3.06. The van der Waals surface area contributed by atoms with Crippen LogP contribution in [0.15, 0.2) is 42.5 Å². The summed E-state index contributed by atoms with van der Waals surface area (Å²) >= 11 is 0. The maximum atomic E-state index is 13.1. The first-order valence-electron chi connectivity index (χ1n) is 13.0. The normalized spacial score (nSPS) is 21.7. The van der Waals surface area contributed by atoms with Crippen LogP contribution in [-0.4, -0.2) is 23.8 Å². The molecule has 0 aliphatic heterocycles. The van der Waals surface area contributed by atoms with Crippen molar-refractivity contribution in [3.63, 3.8) is 0 Å². The third-order valence-electron chi connectivity index (χ3n) is 7.63. The van der Waals surface area contributed by atoms with Gasteiger partial charge in [-0.15, -0.1) is 5.92 Å². The maximum absolute atomic E-state index is 13.1. The molecule has 184 valence electrons. The van der Waals surface area contributed by atoms with Crippen molar-refractivity contribution in [2.75, 3.05) is 7.11 Å². The minimum absolute atomic E-state index is 0.0102. The molecule has 1 fully saturated rings. The van der Waals surface area contributed by atoms with E-state index in [0.717, 1.165) is 29.5 Å². The average molecular weight is 473 g/mol. The van der Waals surface area contributed by atoms with Gasteiger partial charge in [0.2, 0.25) is 0 Å². The zero-order chi connectivity index (χ0) is 24.6. The fourth-order valence-corrected chi connectivity index (χ4v) is 5.54. The van der Waals surface area contributed by atoms with Crippen LogP contribution in [0.25, 0.3) is 0 Å². The smallest absolute Gasteiger partial charge is 0.160 e. The van der Waals surface area contributed by atoms with Crippen LogP contribution in [0.3, 0.4) is 0 Å². The second kappa shape index (κ2) is 12.1. The van der Waals surface area contributed by atoms with Crippen LogP contribution in [0.5, 0.6) is 11.5 Å². The number of carbonyl (C=O) groups is 2. The van der Waals surface area contributed by atoms with Crippen molar-refractivity contribution in [1.29, 1.82) is 0 Å². The van der Waals surface area contributed by atoms with E-state index in [2.05, 4.69) is 11.8 Å². The lowest BCUT2D eigenvalue weighted by atomic mass is 9.81. The van der Waals surface area contributed by atoms with Crippen molar-refractivity contribution in [2.24, 2.45) is 11.8 Å². The summed E-state index contributed by atoms with van der Waals surface area (Å²) < 4.78 is 5.33. The maximum Gasteiger partial charge on any atom is 0.160 e. The lowest BCUT2D eigenvalue weighted by Crippen LogP contribution is -2.20. The van der Waals surface area contributed by atoms with Gasteiger partial charge in [0, 0.05) is 18.8 Å². The van der Waals surface area contributed by atoms with Crippen LogP contribution in [0.4, 0.5) is 0 Å². The number of ether oxygens (including phenoxy) is 1. The molecule has 35 heavy (non-hydrogen) atoms. The molecule has 1 saturated carbocycles. The lowest BCUT2D eigenvalue weighted by Gasteiger charge is -2.23. The van der Waals surface area contributed by atoms with E-state index in [0.29, 0.717) is 24.5 Å². The Morgan fingerprint density at radius 1 is 1.00 bits per heavy atom. The van der Waals surface area contributed by atoms with E-state index in [4.69, 9.17) is 4.74 Å². The number of aryl methyl sites for hydroxylation is 1. The summed E-state index contributed by atoms with van der Waals surface area (Å²) in [4.78, 5) is 25.9. The molecule has 0 spiro atoms. The largest absolute Gasteiger partial charge is 0.504 e. The Labute approximate surface area is 209 Å². The first-order chi connectivity index (χ1) is 17.0. The van der Waals surface area contributed by atoms with Crippen LogP contribution in [0.2, 0.25) is 0 Å². The van der Waals surface area contributed by atoms with Crippen LogP contribution >= 0.6 is 0 Å². The van der Waals surface area contributed by atoms with Crippen molar-refractivity contribution in [2.45, 2.75) is 76.5 Å². The predicted molar refractivity (Wildman–Crippen MR) is 138 cm³/mol. The zero-order valence-corrected chi connectivity index (χ0v) is 20.7. The Morgan fingerprint density at radius 2 is 1.77 bits per heavy atom. The van der Waals surface area contributed by atoms with Gasteiger partial charge in [-0.3, -0.25) is 9.59 Å². The summed E-state index contributed by atoms with van der Waals surface area (Å²) in [6, 6.07) is 13.5. The molecule has 0 aromatic heterocycles. The van der Waals surface area contributed by atoms with Crippen molar-refractivity contribution in [3.8, 4) is 23.3 Å². The Kier molecular flexibility index (Phi) is 8.64. The number of fused-ring (bicyclic) bond motifs is 1. The standard InChI is InChI=1S/C31H36O4/c1-35-31-19-25-17-18-26(32)20-29(33)24(16-15-22-9-4-2-5-10-22)13-8-14-27(28(25)21-30(31)34)23-11-6-3-7-12-23/h3,6-7,11-12,19,21-22,24,27,34H,2,4-5,9-10,13,15-18,20H2,1H3. The summed E-state index contributed by atoms with van der Waals surface area (Å²) in [5.41, 5.74) is 2.83. The number of ketones is 2. The molecule has 0 heterocycles. The van der Waals surface area contributed by atoms with Gasteiger partial charge in [-0.1, -0.05) is 68.4 Å². The predicted octanol–water partition coefficient (Wildman–Crippen LogP) is 6.38. The third kappa shape index (κ3) is 6.54. The molecule has 0 saturated heterocycles. The molecule has 0 amide bonds. The number of hydrogen-bond donors (Lipinski definition) is 1. The minimum atomic E-state index is -0.258. The quantitative estimate of drug-likeness (QED) is 0.405. The number of phenols is 1. The number of aromatic hydroxyl groups is 1. The van der Waals surface area contributed by atoms with Crippen LogP contribution < -0.4 is 4.74 Å². The lowest BCUT2D eigenvalue weighted by molar-refractivity contribution is -0.129. The summed E-state index contributed by atoms with van der Waals surface area (Å²) in [6.45, 7) is 0. The molecule has 4 heteroatoms. The van der Waals surface area contributed by atoms with Gasteiger partial charge in [-0.2, -0.15) is 0 Å². The second-order valence-electron chi connectivity index (χ2n) is 10.1. The molecule has 2 aromatic rings. The Balaban J connectivity index is 1.67. The molecule has 2 aromatic carbocycles. The Morgan fingerprint density at radius 3 is 2.51 bits per heavy atom. The van der Waals surface area contributed by atoms with E-state index in [1.54, 1.807) is 12.1 Å². The highest BCUT2D eigenvalue weighted by molar-refractivity contribution is 6.00. The van der Waals surface area contributed by atoms with Crippen molar-refractivity contribution in [3.05, 3.63) is 59.2 Å². The molecule has 2 atom stereocenters. The topological polar surface area (TPSA) is 63.6 Å². The number of phenolic OH excluding ortho intramolecular Hbond substituents is 1.